The molecule has 0 saturated carbocycles. The first-order chi connectivity index (χ1) is 5.25. The van der Waals surface area contributed by atoms with Gasteiger partial charge in [-0.15, -0.1) is 10.2 Å². The highest BCUT2D eigenvalue weighted by Crippen LogP contribution is 2.15. The summed E-state index contributed by atoms with van der Waals surface area (Å²) in [4.78, 5) is 9.19. The molecule has 0 unspecified atom stereocenters. The van der Waals surface area contributed by atoms with Crippen molar-refractivity contribution in [1.82, 2.24) is 20.2 Å². The number of fused-ring (bicyclic) bond motifs is 1. The third-order valence-corrected chi connectivity index (χ3v) is 2.11. The molecule has 0 aliphatic heterocycles. The zero-order valence-electron chi connectivity index (χ0n) is 6.20. The van der Waals surface area contributed by atoms with Gasteiger partial charge in [0.1, 0.15) is 5.82 Å². The molecule has 0 saturated heterocycles. The van der Waals surface area contributed by atoms with Crippen molar-refractivity contribution in [3.05, 3.63) is 10.8 Å². The molecule has 0 aromatic carbocycles. The van der Waals surface area contributed by atoms with Crippen LogP contribution in [-0.4, -0.2) is 20.2 Å². The minimum atomic E-state index is 0.651. The molecule has 0 bridgehead atoms. The Morgan fingerprint density at radius 2 is 1.91 bits per heavy atom. The Bertz CT molecular complexity index is 394. The summed E-state index contributed by atoms with van der Waals surface area (Å²) in [5, 5.41) is 8.67. The van der Waals surface area contributed by atoms with Crippen LogP contribution in [0.25, 0.3) is 10.5 Å². The van der Waals surface area contributed by atoms with E-state index in [0.717, 1.165) is 9.84 Å². The highest BCUT2D eigenvalue weighted by atomic mass is 32.1. The number of hydrogen-bond donors (Lipinski definition) is 0. The Morgan fingerprint density at radius 3 is 2.73 bits per heavy atom. The number of nitrogens with zero attached hydrogens (tertiary/aromatic N) is 4. The van der Waals surface area contributed by atoms with Gasteiger partial charge >= 0.3 is 0 Å². The smallest absolute Gasteiger partial charge is 0.211 e. The number of hydrogen-bond acceptors (Lipinski definition) is 5. The minimum absolute atomic E-state index is 0.651. The van der Waals surface area contributed by atoms with Crippen molar-refractivity contribution in [3.8, 4) is 0 Å². The predicted molar refractivity (Wildman–Crippen MR) is 42.5 cm³/mol. The Hall–Kier alpha value is -1.10. The lowest BCUT2D eigenvalue weighted by Gasteiger charge is -1.85. The molecular weight excluding hydrogens is 160 g/mol. The fourth-order valence-corrected chi connectivity index (χ4v) is 1.60. The lowest BCUT2D eigenvalue weighted by Crippen LogP contribution is -1.90. The van der Waals surface area contributed by atoms with Gasteiger partial charge in [-0.1, -0.05) is 11.3 Å². The highest BCUT2D eigenvalue weighted by Gasteiger charge is 2.02. The van der Waals surface area contributed by atoms with E-state index in [1.54, 1.807) is 11.3 Å². The van der Waals surface area contributed by atoms with E-state index in [-0.39, 0.29) is 0 Å². The Morgan fingerprint density at radius 1 is 1.09 bits per heavy atom. The van der Waals surface area contributed by atoms with E-state index in [9.17, 15) is 0 Å². The molecule has 0 aliphatic rings. The molecule has 2 heterocycles. The van der Waals surface area contributed by atoms with Crippen molar-refractivity contribution >= 4 is 21.8 Å². The van der Waals surface area contributed by atoms with E-state index >= 15 is 0 Å². The van der Waals surface area contributed by atoms with Crippen molar-refractivity contribution < 1.29 is 0 Å². The molecular formula is C6H6N4S. The monoisotopic (exact) mass is 166 g/mol. The topological polar surface area (TPSA) is 51.6 Å². The van der Waals surface area contributed by atoms with E-state index in [2.05, 4.69) is 20.2 Å². The molecule has 0 aliphatic carbocycles. The van der Waals surface area contributed by atoms with Crippen LogP contribution in [0.5, 0.6) is 0 Å². The van der Waals surface area contributed by atoms with Gasteiger partial charge in [-0.05, 0) is 13.8 Å². The molecule has 5 heteroatoms. The summed E-state index contributed by atoms with van der Waals surface area (Å²) in [6, 6.07) is 0. The lowest BCUT2D eigenvalue weighted by atomic mass is 10.7. The zero-order valence-corrected chi connectivity index (χ0v) is 7.01. The molecule has 0 fully saturated rings. The average molecular weight is 166 g/mol. The summed E-state index contributed by atoms with van der Waals surface area (Å²) < 4.78 is 0. The van der Waals surface area contributed by atoms with E-state index in [4.69, 9.17) is 0 Å². The summed E-state index contributed by atoms with van der Waals surface area (Å²) in [5.74, 6) is 0.696. The molecule has 56 valence electrons. The van der Waals surface area contributed by atoms with E-state index in [1.165, 1.54) is 0 Å². The zero-order chi connectivity index (χ0) is 7.84. The first-order valence-electron chi connectivity index (χ1n) is 3.20. The molecule has 0 atom stereocenters. The van der Waals surface area contributed by atoms with Gasteiger partial charge in [-0.25, -0.2) is 9.97 Å². The molecule has 0 spiro atoms. The molecule has 0 radical (unpaired) electrons. The van der Waals surface area contributed by atoms with Crippen LogP contribution in [0.15, 0.2) is 0 Å². The largest absolute Gasteiger partial charge is 0.219 e. The highest BCUT2D eigenvalue weighted by molar-refractivity contribution is 7.18. The van der Waals surface area contributed by atoms with Crippen LogP contribution in [0.2, 0.25) is 0 Å². The van der Waals surface area contributed by atoms with Crippen LogP contribution in [0.4, 0.5) is 0 Å². The third-order valence-electron chi connectivity index (χ3n) is 1.25. The van der Waals surface area contributed by atoms with Crippen LogP contribution in [-0.2, 0) is 0 Å². The molecule has 11 heavy (non-hydrogen) atoms. The summed E-state index contributed by atoms with van der Waals surface area (Å²) in [7, 11) is 0. The van der Waals surface area contributed by atoms with Gasteiger partial charge < -0.3 is 0 Å². The third kappa shape index (κ3) is 1.07. The van der Waals surface area contributed by atoms with Gasteiger partial charge in [0, 0.05) is 0 Å². The van der Waals surface area contributed by atoms with Gasteiger partial charge in [-0.2, -0.15) is 0 Å². The van der Waals surface area contributed by atoms with Crippen LogP contribution in [0, 0.1) is 13.8 Å². The molecule has 2 rings (SSSR count). The van der Waals surface area contributed by atoms with Crippen molar-refractivity contribution in [3.63, 3.8) is 0 Å². The number of thiazole rings is 1. The van der Waals surface area contributed by atoms with Gasteiger partial charge in [-0.3, -0.25) is 0 Å². The SMILES string of the molecule is Cc1nnc2nc(C)sc2n1. The standard InChI is InChI=1S/C6H6N4S/c1-3-7-6-5(10-9-3)8-4(2)11-6/h1-2H3. The molecule has 2 aromatic rings. The van der Waals surface area contributed by atoms with Crippen molar-refractivity contribution in [2.45, 2.75) is 13.8 Å². The summed E-state index contributed by atoms with van der Waals surface area (Å²) in [5.41, 5.74) is 0.651. The van der Waals surface area contributed by atoms with Crippen molar-refractivity contribution in [2.75, 3.05) is 0 Å². The molecule has 4 nitrogen and oxygen atoms in total. The Kier molecular flexibility index (Phi) is 1.32. The van der Waals surface area contributed by atoms with Crippen LogP contribution < -0.4 is 0 Å². The first-order valence-corrected chi connectivity index (χ1v) is 4.02. The maximum atomic E-state index is 4.18. The normalized spacial score (nSPS) is 10.7. The second-order valence-electron chi connectivity index (χ2n) is 2.22. The second kappa shape index (κ2) is 2.20. The van der Waals surface area contributed by atoms with Gasteiger partial charge in [0.15, 0.2) is 4.83 Å². The predicted octanol–water partition coefficient (Wildman–Crippen LogP) is 1.10. The van der Waals surface area contributed by atoms with Crippen LogP contribution in [0.3, 0.4) is 0 Å². The summed E-state index contributed by atoms with van der Waals surface area (Å²) in [6.45, 7) is 3.75. The number of rotatable bonds is 0. The van der Waals surface area contributed by atoms with Crippen LogP contribution >= 0.6 is 11.3 Å². The maximum absolute atomic E-state index is 4.18. The van der Waals surface area contributed by atoms with E-state index in [0.29, 0.717) is 11.5 Å². The molecule has 2 aromatic heterocycles. The van der Waals surface area contributed by atoms with E-state index in [1.807, 2.05) is 13.8 Å². The number of aromatic nitrogens is 4. The maximum Gasteiger partial charge on any atom is 0.211 e. The molecule has 0 amide bonds. The summed E-state index contributed by atoms with van der Waals surface area (Å²) >= 11 is 1.54. The fourth-order valence-electron chi connectivity index (χ4n) is 0.832. The molecule has 0 N–H and O–H groups in total. The van der Waals surface area contributed by atoms with Gasteiger partial charge in [0.05, 0.1) is 5.01 Å². The van der Waals surface area contributed by atoms with Crippen molar-refractivity contribution in [1.29, 1.82) is 0 Å². The van der Waals surface area contributed by atoms with Crippen LogP contribution in [0.1, 0.15) is 10.8 Å². The Balaban J connectivity index is 2.82. The first kappa shape index (κ1) is 6.60. The van der Waals surface area contributed by atoms with Gasteiger partial charge in [0.25, 0.3) is 0 Å². The second-order valence-corrected chi connectivity index (χ2v) is 3.40. The average Bonchev–Trinajstić information content (AvgIpc) is 2.27. The fraction of sp³-hybridized carbons (Fsp3) is 0.333. The van der Waals surface area contributed by atoms with Crippen molar-refractivity contribution in [2.24, 2.45) is 0 Å². The van der Waals surface area contributed by atoms with Gasteiger partial charge in [0.2, 0.25) is 5.65 Å². The quantitative estimate of drug-likeness (QED) is 0.588. The minimum Gasteiger partial charge on any atom is -0.219 e. The summed E-state index contributed by atoms with van der Waals surface area (Å²) in [6.07, 6.45) is 0. The Labute approximate surface area is 67.3 Å². The van der Waals surface area contributed by atoms with E-state index < -0.39 is 0 Å². The number of aryl methyl sites for hydroxylation is 2. The lowest BCUT2D eigenvalue weighted by molar-refractivity contribution is 0.944.